The normalized spacial score (nSPS) is 13.5. The first-order valence-corrected chi connectivity index (χ1v) is 6.14. The number of ether oxygens (including phenoxy) is 1. The van der Waals surface area contributed by atoms with E-state index in [1.807, 2.05) is 35.7 Å². The third-order valence-corrected chi connectivity index (χ3v) is 3.40. The number of phenolic OH excluding ortho intramolecular Hbond substituents is 1. The molecule has 2 aromatic carbocycles. The van der Waals surface area contributed by atoms with Crippen LogP contribution in [0.3, 0.4) is 0 Å². The van der Waals surface area contributed by atoms with Gasteiger partial charge in [-0.25, -0.2) is 0 Å². The van der Waals surface area contributed by atoms with Gasteiger partial charge in [-0.15, -0.1) is 0 Å². The first-order chi connectivity index (χ1) is 8.33. The van der Waals surface area contributed by atoms with Gasteiger partial charge < -0.3 is 9.84 Å². The maximum absolute atomic E-state index is 9.38. The monoisotopic (exact) mass is 242 g/mol. The van der Waals surface area contributed by atoms with Gasteiger partial charge in [0, 0.05) is 11.0 Å². The van der Waals surface area contributed by atoms with E-state index in [1.54, 1.807) is 30.0 Å². The van der Waals surface area contributed by atoms with Crippen molar-refractivity contribution in [3.05, 3.63) is 59.5 Å². The molecule has 0 atom stereocenters. The number of phenols is 1. The standard InChI is InChI=1S/C14H10O2S/c15-11-6-7-12-14(8-11)17-9-13(16-12)10-4-2-1-3-5-10/h1-9,15H. The Labute approximate surface area is 104 Å². The Morgan fingerprint density at radius 1 is 1.00 bits per heavy atom. The van der Waals surface area contributed by atoms with E-state index in [-0.39, 0.29) is 5.75 Å². The van der Waals surface area contributed by atoms with Crippen LogP contribution in [0.25, 0.3) is 5.76 Å². The largest absolute Gasteiger partial charge is 0.508 e. The van der Waals surface area contributed by atoms with Crippen LogP contribution in [0, 0.1) is 0 Å². The van der Waals surface area contributed by atoms with Crippen LogP contribution in [0.5, 0.6) is 11.5 Å². The highest BCUT2D eigenvalue weighted by molar-refractivity contribution is 8.02. The summed E-state index contributed by atoms with van der Waals surface area (Å²) in [4.78, 5) is 0.935. The van der Waals surface area contributed by atoms with Gasteiger partial charge in [-0.05, 0) is 18.2 Å². The summed E-state index contributed by atoms with van der Waals surface area (Å²) in [6.07, 6.45) is 0. The molecule has 3 heteroatoms. The number of thioether (sulfide) groups is 1. The average Bonchev–Trinajstić information content (AvgIpc) is 2.39. The number of hydrogen-bond donors (Lipinski definition) is 1. The molecule has 1 aliphatic rings. The van der Waals surface area contributed by atoms with Crippen molar-refractivity contribution in [2.75, 3.05) is 0 Å². The summed E-state index contributed by atoms with van der Waals surface area (Å²) in [6.45, 7) is 0. The maximum atomic E-state index is 9.38. The van der Waals surface area contributed by atoms with Gasteiger partial charge in [0.05, 0.1) is 4.90 Å². The molecule has 1 heterocycles. The number of benzene rings is 2. The van der Waals surface area contributed by atoms with Crippen LogP contribution >= 0.6 is 11.8 Å². The van der Waals surface area contributed by atoms with Crippen molar-refractivity contribution in [2.24, 2.45) is 0 Å². The summed E-state index contributed by atoms with van der Waals surface area (Å²) in [5.41, 5.74) is 1.05. The fraction of sp³-hybridized carbons (Fsp3) is 0. The minimum absolute atomic E-state index is 0.261. The van der Waals surface area contributed by atoms with Gasteiger partial charge in [-0.1, -0.05) is 42.1 Å². The first-order valence-electron chi connectivity index (χ1n) is 5.26. The highest BCUT2D eigenvalue weighted by Crippen LogP contribution is 2.40. The molecule has 0 bridgehead atoms. The third-order valence-electron chi connectivity index (χ3n) is 2.50. The van der Waals surface area contributed by atoms with Gasteiger partial charge >= 0.3 is 0 Å². The second-order valence-corrected chi connectivity index (χ2v) is 4.61. The van der Waals surface area contributed by atoms with Crippen LogP contribution < -0.4 is 4.74 Å². The van der Waals surface area contributed by atoms with Gasteiger partial charge in [-0.3, -0.25) is 0 Å². The number of fused-ring (bicyclic) bond motifs is 1. The van der Waals surface area contributed by atoms with Crippen LogP contribution in [-0.4, -0.2) is 5.11 Å². The predicted octanol–water partition coefficient (Wildman–Crippen LogP) is 3.88. The SMILES string of the molecule is Oc1ccc2c(c1)SC=C(c1ccccc1)O2. The maximum Gasteiger partial charge on any atom is 0.141 e. The molecule has 0 saturated carbocycles. The minimum atomic E-state index is 0.261. The van der Waals surface area contributed by atoms with Gasteiger partial charge in [0.25, 0.3) is 0 Å². The summed E-state index contributed by atoms with van der Waals surface area (Å²) in [6, 6.07) is 15.1. The Bertz CT molecular complexity index is 576. The summed E-state index contributed by atoms with van der Waals surface area (Å²) in [7, 11) is 0. The van der Waals surface area contributed by atoms with Gasteiger partial charge in [0.1, 0.15) is 17.3 Å². The summed E-state index contributed by atoms with van der Waals surface area (Å²) < 4.78 is 5.80. The molecular formula is C14H10O2S. The van der Waals surface area contributed by atoms with Gasteiger partial charge in [0.2, 0.25) is 0 Å². The molecule has 1 aliphatic heterocycles. The molecule has 17 heavy (non-hydrogen) atoms. The first kappa shape index (κ1) is 10.3. The molecule has 0 unspecified atom stereocenters. The molecule has 0 aromatic heterocycles. The fourth-order valence-corrected chi connectivity index (χ4v) is 2.49. The molecule has 84 valence electrons. The van der Waals surface area contributed by atoms with Crippen LogP contribution in [0.1, 0.15) is 5.56 Å². The van der Waals surface area contributed by atoms with Crippen molar-refractivity contribution < 1.29 is 9.84 Å². The lowest BCUT2D eigenvalue weighted by molar-refractivity contribution is 0.464. The predicted molar refractivity (Wildman–Crippen MR) is 69.0 cm³/mol. The Kier molecular flexibility index (Phi) is 2.53. The molecule has 0 spiro atoms. The van der Waals surface area contributed by atoms with E-state index < -0.39 is 0 Å². The number of rotatable bonds is 1. The molecule has 0 amide bonds. The zero-order valence-electron chi connectivity index (χ0n) is 8.96. The quantitative estimate of drug-likeness (QED) is 0.823. The minimum Gasteiger partial charge on any atom is -0.508 e. The number of aromatic hydroxyl groups is 1. The van der Waals surface area contributed by atoms with Crippen LogP contribution in [0.4, 0.5) is 0 Å². The zero-order valence-corrected chi connectivity index (χ0v) is 9.78. The molecule has 0 fully saturated rings. The van der Waals surface area contributed by atoms with Crippen LogP contribution in [0.15, 0.2) is 58.8 Å². The van der Waals surface area contributed by atoms with Gasteiger partial charge in [0.15, 0.2) is 0 Å². The summed E-state index contributed by atoms with van der Waals surface area (Å²) in [5.74, 6) is 1.89. The van der Waals surface area contributed by atoms with Crippen molar-refractivity contribution in [3.63, 3.8) is 0 Å². The van der Waals surface area contributed by atoms with E-state index in [2.05, 4.69) is 0 Å². The van der Waals surface area contributed by atoms with Crippen molar-refractivity contribution >= 4 is 17.5 Å². The van der Waals surface area contributed by atoms with Crippen molar-refractivity contribution in [1.29, 1.82) is 0 Å². The molecule has 0 aliphatic carbocycles. The second-order valence-electron chi connectivity index (χ2n) is 3.70. The average molecular weight is 242 g/mol. The van der Waals surface area contributed by atoms with Gasteiger partial charge in [-0.2, -0.15) is 0 Å². The Balaban J connectivity index is 1.95. The Hall–Kier alpha value is -1.87. The van der Waals surface area contributed by atoms with Crippen molar-refractivity contribution in [2.45, 2.75) is 4.90 Å². The second kappa shape index (κ2) is 4.18. The molecule has 2 aromatic rings. The zero-order chi connectivity index (χ0) is 11.7. The van der Waals surface area contributed by atoms with Crippen LogP contribution in [0.2, 0.25) is 0 Å². The van der Waals surface area contributed by atoms with E-state index in [9.17, 15) is 5.11 Å². The molecule has 2 nitrogen and oxygen atoms in total. The topological polar surface area (TPSA) is 29.5 Å². The lowest BCUT2D eigenvalue weighted by Crippen LogP contribution is -1.98. The van der Waals surface area contributed by atoms with E-state index in [4.69, 9.17) is 4.74 Å². The summed E-state index contributed by atoms with van der Waals surface area (Å²) in [5, 5.41) is 11.3. The highest BCUT2D eigenvalue weighted by atomic mass is 32.2. The summed E-state index contributed by atoms with van der Waals surface area (Å²) >= 11 is 1.56. The van der Waals surface area contributed by atoms with E-state index in [0.717, 1.165) is 22.0 Å². The van der Waals surface area contributed by atoms with Crippen molar-refractivity contribution in [3.8, 4) is 11.5 Å². The highest BCUT2D eigenvalue weighted by Gasteiger charge is 2.14. The molecular weight excluding hydrogens is 232 g/mol. The van der Waals surface area contributed by atoms with E-state index >= 15 is 0 Å². The lowest BCUT2D eigenvalue weighted by atomic mass is 10.2. The number of hydrogen-bond acceptors (Lipinski definition) is 3. The van der Waals surface area contributed by atoms with Crippen LogP contribution in [-0.2, 0) is 0 Å². The third kappa shape index (κ3) is 2.01. The molecule has 1 N–H and O–H groups in total. The Morgan fingerprint density at radius 2 is 1.82 bits per heavy atom. The van der Waals surface area contributed by atoms with E-state index in [1.165, 1.54) is 0 Å². The molecule has 0 saturated heterocycles. The Morgan fingerprint density at radius 3 is 2.65 bits per heavy atom. The molecule has 3 rings (SSSR count). The molecule has 0 radical (unpaired) electrons. The van der Waals surface area contributed by atoms with E-state index in [0.29, 0.717) is 0 Å². The fourth-order valence-electron chi connectivity index (χ4n) is 1.66. The lowest BCUT2D eigenvalue weighted by Gasteiger charge is -2.17. The van der Waals surface area contributed by atoms with Crippen molar-refractivity contribution in [1.82, 2.24) is 0 Å². The smallest absolute Gasteiger partial charge is 0.141 e.